The van der Waals surface area contributed by atoms with Crippen LogP contribution < -0.4 is 0 Å². The van der Waals surface area contributed by atoms with Crippen molar-refractivity contribution in [2.75, 3.05) is 0 Å². The van der Waals surface area contributed by atoms with Crippen LogP contribution in [-0.2, 0) is 5.33 Å². The molecule has 102 valence electrons. The van der Waals surface area contributed by atoms with Crippen molar-refractivity contribution in [1.29, 1.82) is 0 Å². The zero-order valence-corrected chi connectivity index (χ0v) is 12.5. The Bertz CT molecular complexity index is 608. The third kappa shape index (κ3) is 2.41. The van der Waals surface area contributed by atoms with Crippen LogP contribution in [0.4, 0.5) is 8.78 Å². The second kappa shape index (κ2) is 5.36. The van der Waals surface area contributed by atoms with Gasteiger partial charge in [-0.15, -0.1) is 10.2 Å². The van der Waals surface area contributed by atoms with E-state index in [4.69, 9.17) is 0 Å². The van der Waals surface area contributed by atoms with Crippen LogP contribution in [0.15, 0.2) is 12.1 Å². The summed E-state index contributed by atoms with van der Waals surface area (Å²) in [5.41, 5.74) is 0.267. The fraction of sp³-hybridized carbons (Fsp3) is 0.385. The van der Waals surface area contributed by atoms with E-state index in [-0.39, 0.29) is 17.4 Å². The van der Waals surface area contributed by atoms with E-state index in [1.165, 1.54) is 12.1 Å². The molecule has 0 bridgehead atoms. The number of nitrogens with zero attached hydrogens (tertiary/aromatic N) is 3. The number of aryl methyl sites for hydroxylation is 1. The van der Waals surface area contributed by atoms with Gasteiger partial charge in [0.25, 0.3) is 0 Å². The van der Waals surface area contributed by atoms with Gasteiger partial charge in [0.2, 0.25) is 0 Å². The van der Waals surface area contributed by atoms with E-state index in [0.717, 1.165) is 0 Å². The number of rotatable bonds is 3. The van der Waals surface area contributed by atoms with Crippen LogP contribution in [0.3, 0.4) is 0 Å². The molecule has 0 spiro atoms. The molecule has 3 nitrogen and oxygen atoms in total. The summed E-state index contributed by atoms with van der Waals surface area (Å²) in [6, 6.07) is 2.67. The molecule has 1 heterocycles. The number of benzene rings is 1. The highest BCUT2D eigenvalue weighted by atomic mass is 79.9. The molecule has 0 aliphatic rings. The first kappa shape index (κ1) is 14.1. The van der Waals surface area contributed by atoms with Gasteiger partial charge >= 0.3 is 0 Å². The number of halogens is 3. The summed E-state index contributed by atoms with van der Waals surface area (Å²) in [4.78, 5) is 0. The van der Waals surface area contributed by atoms with Crippen molar-refractivity contribution in [3.63, 3.8) is 0 Å². The van der Waals surface area contributed by atoms with E-state index in [1.807, 2.05) is 13.8 Å². The standard InChI is InChI=1S/C13H14BrF2N3/c1-7(2)19-10(6-14)17-18-13(19)11-9(15)5-4-8(3)12(11)16/h4-5,7H,6H2,1-3H3. The second-order valence-electron chi connectivity index (χ2n) is 4.59. The van der Waals surface area contributed by atoms with Gasteiger partial charge in [-0.25, -0.2) is 8.78 Å². The highest BCUT2D eigenvalue weighted by Crippen LogP contribution is 2.29. The molecule has 0 saturated carbocycles. The Balaban J connectivity index is 2.73. The lowest BCUT2D eigenvalue weighted by Gasteiger charge is -2.14. The minimum atomic E-state index is -0.626. The van der Waals surface area contributed by atoms with Gasteiger partial charge in [-0.1, -0.05) is 22.0 Å². The largest absolute Gasteiger partial charge is 0.308 e. The zero-order valence-electron chi connectivity index (χ0n) is 10.9. The molecule has 0 atom stereocenters. The molecule has 19 heavy (non-hydrogen) atoms. The Kier molecular flexibility index (Phi) is 3.99. The predicted octanol–water partition coefficient (Wildman–Crippen LogP) is 4.01. The van der Waals surface area contributed by atoms with E-state index in [1.54, 1.807) is 11.5 Å². The van der Waals surface area contributed by atoms with Crippen molar-refractivity contribution in [2.45, 2.75) is 32.1 Å². The summed E-state index contributed by atoms with van der Waals surface area (Å²) in [6.45, 7) is 5.44. The quantitative estimate of drug-likeness (QED) is 0.796. The molecule has 0 saturated heterocycles. The maximum atomic E-state index is 14.2. The van der Waals surface area contributed by atoms with Crippen molar-refractivity contribution in [3.8, 4) is 11.4 Å². The van der Waals surface area contributed by atoms with Crippen LogP contribution in [-0.4, -0.2) is 14.8 Å². The third-order valence-corrected chi connectivity index (χ3v) is 3.41. The van der Waals surface area contributed by atoms with Gasteiger partial charge in [-0.05, 0) is 32.4 Å². The molecule has 1 aromatic heterocycles. The fourth-order valence-electron chi connectivity index (χ4n) is 1.99. The molecule has 2 aromatic rings. The van der Waals surface area contributed by atoms with Gasteiger partial charge in [0.1, 0.15) is 17.5 Å². The second-order valence-corrected chi connectivity index (χ2v) is 5.15. The van der Waals surface area contributed by atoms with E-state index >= 15 is 0 Å². The molecule has 0 amide bonds. The molecular formula is C13H14BrF2N3. The van der Waals surface area contributed by atoms with E-state index in [0.29, 0.717) is 16.7 Å². The Labute approximate surface area is 118 Å². The number of alkyl halides is 1. The van der Waals surface area contributed by atoms with Crippen molar-refractivity contribution in [2.24, 2.45) is 0 Å². The van der Waals surface area contributed by atoms with Crippen LogP contribution >= 0.6 is 15.9 Å². The van der Waals surface area contributed by atoms with E-state index < -0.39 is 11.6 Å². The average molecular weight is 330 g/mol. The minimum absolute atomic E-state index is 0.0110. The topological polar surface area (TPSA) is 30.7 Å². The highest BCUT2D eigenvalue weighted by molar-refractivity contribution is 9.08. The van der Waals surface area contributed by atoms with Gasteiger partial charge < -0.3 is 4.57 Å². The monoisotopic (exact) mass is 329 g/mol. The van der Waals surface area contributed by atoms with Crippen molar-refractivity contribution in [3.05, 3.63) is 35.2 Å². The van der Waals surface area contributed by atoms with Gasteiger partial charge in [0.15, 0.2) is 5.82 Å². The third-order valence-electron chi connectivity index (χ3n) is 2.91. The summed E-state index contributed by atoms with van der Waals surface area (Å²) < 4.78 is 29.8. The molecule has 0 N–H and O–H groups in total. The Morgan fingerprint density at radius 1 is 1.26 bits per heavy atom. The first-order valence-corrected chi connectivity index (χ1v) is 7.04. The van der Waals surface area contributed by atoms with Crippen molar-refractivity contribution >= 4 is 15.9 Å². The summed E-state index contributed by atoms with van der Waals surface area (Å²) in [5.74, 6) is -0.345. The first-order chi connectivity index (χ1) is 8.97. The first-order valence-electron chi connectivity index (χ1n) is 5.92. The van der Waals surface area contributed by atoms with E-state index in [2.05, 4.69) is 26.1 Å². The highest BCUT2D eigenvalue weighted by Gasteiger charge is 2.22. The van der Waals surface area contributed by atoms with Gasteiger partial charge in [-0.3, -0.25) is 0 Å². The van der Waals surface area contributed by atoms with E-state index in [9.17, 15) is 8.78 Å². The predicted molar refractivity (Wildman–Crippen MR) is 73.1 cm³/mol. The molecule has 0 aliphatic carbocycles. The van der Waals surface area contributed by atoms with Gasteiger partial charge in [0, 0.05) is 6.04 Å². The van der Waals surface area contributed by atoms with Crippen molar-refractivity contribution < 1.29 is 8.78 Å². The van der Waals surface area contributed by atoms with Crippen LogP contribution in [0.1, 0.15) is 31.3 Å². The normalized spacial score (nSPS) is 11.3. The lowest BCUT2D eigenvalue weighted by atomic mass is 10.1. The SMILES string of the molecule is Cc1ccc(F)c(-c2nnc(CBr)n2C(C)C)c1F. The molecule has 0 radical (unpaired) electrons. The Hall–Kier alpha value is -1.30. The molecule has 6 heteroatoms. The van der Waals surface area contributed by atoms with Crippen LogP contribution in [0.25, 0.3) is 11.4 Å². The summed E-state index contributed by atoms with van der Waals surface area (Å²) >= 11 is 3.30. The molecule has 0 unspecified atom stereocenters. The maximum absolute atomic E-state index is 14.2. The Morgan fingerprint density at radius 2 is 1.95 bits per heavy atom. The molecule has 1 aromatic carbocycles. The van der Waals surface area contributed by atoms with Crippen molar-refractivity contribution in [1.82, 2.24) is 14.8 Å². The average Bonchev–Trinajstić information content (AvgIpc) is 2.78. The molecule has 0 aliphatic heterocycles. The van der Waals surface area contributed by atoms with Gasteiger partial charge in [0.05, 0.1) is 10.9 Å². The van der Waals surface area contributed by atoms with Crippen LogP contribution in [0, 0.1) is 18.6 Å². The smallest absolute Gasteiger partial charge is 0.170 e. The summed E-state index contributed by atoms with van der Waals surface area (Å²) in [5, 5.41) is 8.40. The zero-order chi connectivity index (χ0) is 14.2. The van der Waals surface area contributed by atoms with Crippen LogP contribution in [0.5, 0.6) is 0 Å². The number of hydrogen-bond donors (Lipinski definition) is 0. The van der Waals surface area contributed by atoms with Gasteiger partial charge in [-0.2, -0.15) is 0 Å². The summed E-state index contributed by atoms with van der Waals surface area (Å²) in [6.07, 6.45) is 0. The number of hydrogen-bond acceptors (Lipinski definition) is 2. The Morgan fingerprint density at radius 3 is 2.53 bits per heavy atom. The lowest BCUT2D eigenvalue weighted by molar-refractivity contribution is 0.560. The summed E-state index contributed by atoms with van der Waals surface area (Å²) in [7, 11) is 0. The molecule has 2 rings (SSSR count). The van der Waals surface area contributed by atoms with Crippen LogP contribution in [0.2, 0.25) is 0 Å². The maximum Gasteiger partial charge on any atom is 0.170 e. The fourth-order valence-corrected chi connectivity index (χ4v) is 2.37. The number of aromatic nitrogens is 3. The molecule has 0 fully saturated rings. The lowest BCUT2D eigenvalue weighted by Crippen LogP contribution is -2.09. The minimum Gasteiger partial charge on any atom is -0.308 e. The molecular weight excluding hydrogens is 316 g/mol.